The summed E-state index contributed by atoms with van der Waals surface area (Å²) in [5.41, 5.74) is 7.36. The third-order valence-electron chi connectivity index (χ3n) is 1.96. The Bertz CT molecular complexity index is 309. The molecule has 1 heterocycles. The molecule has 23 heavy (non-hydrogen) atoms. The van der Waals surface area contributed by atoms with Gasteiger partial charge in [0.15, 0.2) is 0 Å². The number of hydrogen-bond donors (Lipinski definition) is 1. The molecular weight excluding hydrogens is 437 g/mol. The maximum absolute atomic E-state index is 8.93. The number of rotatable bonds is 6. The molecule has 1 aromatic heterocycles. The fraction of sp³-hybridized carbons (Fsp3) is 0.750. The first kappa shape index (κ1) is 28.5. The zero-order chi connectivity index (χ0) is 18.5. The second-order valence-corrected chi connectivity index (χ2v) is 7.68. The minimum Gasteiger partial charge on any atom is -0.855 e. The average molecular weight is 468 g/mol. The largest absolute Gasteiger partial charge is 0.855 e. The summed E-state index contributed by atoms with van der Waals surface area (Å²) in [6.45, 7) is 6.78. The molecule has 0 amide bonds. The number of hydrogen-bond acceptors (Lipinski definition) is 6. The summed E-state index contributed by atoms with van der Waals surface area (Å²) in [7, 11) is 0. The first-order valence-corrected chi connectivity index (χ1v) is 11.8. The van der Waals surface area contributed by atoms with Gasteiger partial charge in [-0.1, -0.05) is 20.8 Å². The molecule has 0 saturated heterocycles. The van der Waals surface area contributed by atoms with Crippen molar-refractivity contribution in [2.75, 3.05) is 31.3 Å². The summed E-state index contributed by atoms with van der Waals surface area (Å²) >= 11 is 5.50. The standard InChI is InChI=1S/C10H16NS2.3C2H5O.Sn/c1-3-12-6-4-9-5-7-13-10(9)8(2)11;3*1-2-3;/h5,7-8H,1,3-4,6,11H2,2H3;3*2H2,1H3;/q;3*-1;+3. The van der Waals surface area contributed by atoms with Crippen LogP contribution >= 0.6 is 23.1 Å². The molecular formula is C16H31NO3S2Sn. The van der Waals surface area contributed by atoms with E-state index in [1.807, 2.05) is 0 Å². The Balaban J connectivity index is -0.000000371. The van der Waals surface area contributed by atoms with E-state index in [9.17, 15) is 0 Å². The van der Waals surface area contributed by atoms with Gasteiger partial charge in [0, 0.05) is 0 Å². The molecule has 4 nitrogen and oxygen atoms in total. The number of nitrogens with two attached hydrogens (primary N) is 1. The van der Waals surface area contributed by atoms with Crippen molar-refractivity contribution in [1.82, 2.24) is 0 Å². The molecule has 1 aromatic rings. The van der Waals surface area contributed by atoms with Crippen LogP contribution in [0.25, 0.3) is 0 Å². The number of thioether (sulfide) groups is 1. The Morgan fingerprint density at radius 1 is 1.13 bits per heavy atom. The van der Waals surface area contributed by atoms with Crippen LogP contribution in [0.5, 0.6) is 0 Å². The van der Waals surface area contributed by atoms with E-state index in [4.69, 9.17) is 21.1 Å². The minimum absolute atomic E-state index is 0. The Morgan fingerprint density at radius 2 is 1.61 bits per heavy atom. The number of aryl methyl sites for hydroxylation is 1. The summed E-state index contributed by atoms with van der Waals surface area (Å²) in [5, 5.41) is 28.9. The molecule has 1 atom stereocenters. The maximum Gasteiger partial charge on any atom is -0.0809 e. The van der Waals surface area contributed by atoms with Crippen molar-refractivity contribution < 1.29 is 15.3 Å². The zero-order valence-electron chi connectivity index (χ0n) is 14.8. The summed E-state index contributed by atoms with van der Waals surface area (Å²) in [6.07, 6.45) is 1.18. The molecule has 1 unspecified atom stereocenters. The average Bonchev–Trinajstić information content (AvgIpc) is 2.95. The molecule has 134 valence electrons. The molecule has 7 heteroatoms. The van der Waals surface area contributed by atoms with Gasteiger partial charge in [0.05, 0.1) is 0 Å². The Kier molecular flexibility index (Phi) is 30.9. The van der Waals surface area contributed by atoms with Crippen LogP contribution in [0.3, 0.4) is 0 Å². The van der Waals surface area contributed by atoms with E-state index in [2.05, 4.69) is 30.1 Å². The van der Waals surface area contributed by atoms with Crippen molar-refractivity contribution >= 4 is 45.6 Å². The summed E-state index contributed by atoms with van der Waals surface area (Å²) < 4.78 is 1.36. The zero-order valence-corrected chi connectivity index (χ0v) is 19.3. The van der Waals surface area contributed by atoms with Crippen molar-refractivity contribution in [3.05, 3.63) is 21.9 Å². The van der Waals surface area contributed by atoms with Gasteiger partial charge in [-0.2, -0.15) is 0 Å². The van der Waals surface area contributed by atoms with Crippen molar-refractivity contribution in [1.29, 1.82) is 0 Å². The Morgan fingerprint density at radius 3 is 2.00 bits per heavy atom. The SMILES string of the molecule is CC(N)c1sccc1CCSC[CH2][Sn+3].CC[O-].CC[O-].CC[O-]. The van der Waals surface area contributed by atoms with E-state index in [-0.39, 0.29) is 25.9 Å². The van der Waals surface area contributed by atoms with Crippen LogP contribution < -0.4 is 21.1 Å². The van der Waals surface area contributed by atoms with Crippen LogP contribution in [0.15, 0.2) is 11.4 Å². The summed E-state index contributed by atoms with van der Waals surface area (Å²) in [6, 6.07) is 2.42. The first-order valence-electron chi connectivity index (χ1n) is 7.78. The fourth-order valence-corrected chi connectivity index (χ4v) is 4.17. The van der Waals surface area contributed by atoms with Gasteiger partial charge >= 0.3 is 109 Å². The van der Waals surface area contributed by atoms with Crippen molar-refractivity contribution in [3.63, 3.8) is 0 Å². The molecule has 0 aliphatic rings. The van der Waals surface area contributed by atoms with E-state index in [0.717, 1.165) is 0 Å². The smallest absolute Gasteiger partial charge is 0.0809 e. The predicted molar refractivity (Wildman–Crippen MR) is 100 cm³/mol. The molecule has 0 fully saturated rings. The van der Waals surface area contributed by atoms with Crippen molar-refractivity contribution in [2.24, 2.45) is 5.73 Å². The molecule has 0 aromatic carbocycles. The van der Waals surface area contributed by atoms with Crippen LogP contribution in [0, 0.1) is 0 Å². The first-order chi connectivity index (χ1) is 11.0. The minimum atomic E-state index is 0. The second kappa shape index (κ2) is 24.9. The van der Waals surface area contributed by atoms with Gasteiger partial charge in [-0.15, -0.1) is 19.8 Å². The topological polar surface area (TPSA) is 95.2 Å². The molecule has 0 saturated carbocycles. The van der Waals surface area contributed by atoms with Gasteiger partial charge in [-0.3, -0.25) is 0 Å². The van der Waals surface area contributed by atoms with Gasteiger partial charge in [-0.05, 0) is 0 Å². The van der Waals surface area contributed by atoms with E-state index in [1.165, 1.54) is 32.8 Å². The normalized spacial score (nSPS) is 10.3. The van der Waals surface area contributed by atoms with Crippen LogP contribution in [0.4, 0.5) is 0 Å². The van der Waals surface area contributed by atoms with E-state index < -0.39 is 0 Å². The fourth-order valence-electron chi connectivity index (χ4n) is 1.31. The van der Waals surface area contributed by atoms with Gasteiger partial charge in [0.2, 0.25) is 0 Å². The monoisotopic (exact) mass is 469 g/mol. The molecule has 0 aliphatic carbocycles. The molecule has 0 aliphatic heterocycles. The molecule has 2 N–H and O–H groups in total. The van der Waals surface area contributed by atoms with Gasteiger partial charge in [0.1, 0.15) is 0 Å². The third-order valence-corrected chi connectivity index (χ3v) is 5.85. The molecule has 0 bridgehead atoms. The van der Waals surface area contributed by atoms with Crippen LogP contribution in [-0.2, 0) is 6.42 Å². The Labute approximate surface area is 164 Å². The van der Waals surface area contributed by atoms with E-state index in [1.54, 1.807) is 54.6 Å². The van der Waals surface area contributed by atoms with Crippen molar-refractivity contribution in [3.8, 4) is 0 Å². The quantitative estimate of drug-likeness (QED) is 0.491. The molecule has 1 rings (SSSR count). The predicted octanol–water partition coefficient (Wildman–Crippen LogP) is 0.730. The number of thiophene rings is 1. The molecule has 0 radical (unpaired) electrons. The second-order valence-electron chi connectivity index (χ2n) is 4.08. The van der Waals surface area contributed by atoms with Gasteiger partial charge in [0.25, 0.3) is 0 Å². The van der Waals surface area contributed by atoms with Crippen LogP contribution in [0.1, 0.15) is 44.2 Å². The molecule has 0 spiro atoms. The Hall–Kier alpha value is 0.689. The van der Waals surface area contributed by atoms with Crippen molar-refractivity contribution in [2.45, 2.75) is 44.6 Å². The van der Waals surface area contributed by atoms with Gasteiger partial charge in [-0.25, -0.2) is 0 Å². The maximum atomic E-state index is 8.93. The van der Waals surface area contributed by atoms with Crippen LogP contribution in [0.2, 0.25) is 4.44 Å². The van der Waals surface area contributed by atoms with E-state index in [0.29, 0.717) is 0 Å². The summed E-state index contributed by atoms with van der Waals surface area (Å²) in [4.78, 5) is 1.37. The van der Waals surface area contributed by atoms with Gasteiger partial charge < -0.3 is 15.3 Å². The van der Waals surface area contributed by atoms with Crippen LogP contribution in [-0.4, -0.2) is 53.9 Å². The third kappa shape index (κ3) is 22.7. The van der Waals surface area contributed by atoms with E-state index >= 15 is 0 Å². The summed E-state index contributed by atoms with van der Waals surface area (Å²) in [5.74, 6) is 2.56.